The number of benzene rings is 1. The summed E-state index contributed by atoms with van der Waals surface area (Å²) >= 11 is 5.66. The zero-order valence-electron chi connectivity index (χ0n) is 8.36. The summed E-state index contributed by atoms with van der Waals surface area (Å²) in [6.45, 7) is 3.68. The van der Waals surface area contributed by atoms with Crippen molar-refractivity contribution < 1.29 is 0 Å². The molecule has 15 heavy (non-hydrogen) atoms. The number of hydrogen-bond acceptors (Lipinski definition) is 1. The van der Waals surface area contributed by atoms with Gasteiger partial charge in [-0.1, -0.05) is 36.9 Å². The maximum Gasteiger partial charge on any atom is 0.0919 e. The molecule has 0 spiro atoms. The molecular formula is C12H13ClN2. The fourth-order valence-corrected chi connectivity index (χ4v) is 1.31. The van der Waals surface area contributed by atoms with E-state index >= 15 is 0 Å². The summed E-state index contributed by atoms with van der Waals surface area (Å²) in [6, 6.07) is 7.96. The van der Waals surface area contributed by atoms with E-state index in [1.807, 2.05) is 30.3 Å². The third kappa shape index (κ3) is 4.00. The molecule has 0 aliphatic rings. The summed E-state index contributed by atoms with van der Waals surface area (Å²) in [6.07, 6.45) is 6.90. The largest absolute Gasteiger partial charge is 0.351 e. The highest BCUT2D eigenvalue weighted by Gasteiger charge is 1.93. The molecule has 0 atom stereocenters. The molecule has 78 valence electrons. The molecule has 1 aromatic heterocycles. The Morgan fingerprint density at radius 3 is 2.60 bits per heavy atom. The second kappa shape index (κ2) is 6.85. The summed E-state index contributed by atoms with van der Waals surface area (Å²) < 4.78 is 0. The Morgan fingerprint density at radius 1 is 1.40 bits per heavy atom. The zero-order valence-corrected chi connectivity index (χ0v) is 9.11. The number of hydrogen-bond donors (Lipinski definition) is 1. The SMILES string of the molecule is C=Cc1ccccc1CCl.c1c[nH]cn1. The number of nitrogens with one attached hydrogen (secondary N) is 1. The number of rotatable bonds is 2. The van der Waals surface area contributed by atoms with Gasteiger partial charge in [-0.05, 0) is 11.1 Å². The van der Waals surface area contributed by atoms with Crippen LogP contribution in [0.4, 0.5) is 0 Å². The summed E-state index contributed by atoms with van der Waals surface area (Å²) in [5.74, 6) is 0.558. The van der Waals surface area contributed by atoms with Crippen molar-refractivity contribution in [2.75, 3.05) is 0 Å². The lowest BCUT2D eigenvalue weighted by atomic mass is 10.1. The predicted molar refractivity (Wildman–Crippen MR) is 64.7 cm³/mol. The number of H-pyrrole nitrogens is 1. The summed E-state index contributed by atoms with van der Waals surface area (Å²) in [7, 11) is 0. The Balaban J connectivity index is 0.000000187. The van der Waals surface area contributed by atoms with Gasteiger partial charge in [0.2, 0.25) is 0 Å². The van der Waals surface area contributed by atoms with Crippen LogP contribution in [0.3, 0.4) is 0 Å². The molecule has 3 heteroatoms. The lowest BCUT2D eigenvalue weighted by Crippen LogP contribution is -1.81. The lowest BCUT2D eigenvalue weighted by molar-refractivity contribution is 1.31. The quantitative estimate of drug-likeness (QED) is 0.772. The van der Waals surface area contributed by atoms with Crippen LogP contribution in [-0.4, -0.2) is 9.97 Å². The monoisotopic (exact) mass is 220 g/mol. The highest BCUT2D eigenvalue weighted by atomic mass is 35.5. The second-order valence-corrected chi connectivity index (χ2v) is 3.06. The van der Waals surface area contributed by atoms with E-state index in [-0.39, 0.29) is 0 Å². The first kappa shape index (κ1) is 11.5. The van der Waals surface area contributed by atoms with Crippen LogP contribution in [0.5, 0.6) is 0 Å². The van der Waals surface area contributed by atoms with Crippen LogP contribution in [0.2, 0.25) is 0 Å². The minimum Gasteiger partial charge on any atom is -0.351 e. The Hall–Kier alpha value is -1.54. The van der Waals surface area contributed by atoms with E-state index in [0.29, 0.717) is 5.88 Å². The first-order chi connectivity index (χ1) is 7.38. The molecule has 0 unspecified atom stereocenters. The number of aromatic nitrogens is 2. The van der Waals surface area contributed by atoms with Crippen LogP contribution in [0.25, 0.3) is 6.08 Å². The van der Waals surface area contributed by atoms with Crippen molar-refractivity contribution in [3.63, 3.8) is 0 Å². The number of alkyl halides is 1. The van der Waals surface area contributed by atoms with Gasteiger partial charge in [0.25, 0.3) is 0 Å². The molecule has 0 aliphatic heterocycles. The standard InChI is InChI=1S/C9H9Cl.C3H4N2/c1-2-8-5-3-4-6-9(8)7-10;1-2-5-3-4-1/h2-6H,1,7H2;1-3H,(H,4,5). The van der Waals surface area contributed by atoms with Crippen molar-refractivity contribution in [3.8, 4) is 0 Å². The van der Waals surface area contributed by atoms with Gasteiger partial charge < -0.3 is 4.98 Å². The highest BCUT2D eigenvalue weighted by Crippen LogP contribution is 2.11. The van der Waals surface area contributed by atoms with Gasteiger partial charge in [0.15, 0.2) is 0 Å². The molecule has 1 heterocycles. The Morgan fingerprint density at radius 2 is 2.20 bits per heavy atom. The van der Waals surface area contributed by atoms with E-state index in [1.165, 1.54) is 0 Å². The molecule has 0 radical (unpaired) electrons. The maximum absolute atomic E-state index is 5.66. The second-order valence-electron chi connectivity index (χ2n) is 2.80. The average molecular weight is 221 g/mol. The van der Waals surface area contributed by atoms with Gasteiger partial charge in [0.05, 0.1) is 6.33 Å². The minimum absolute atomic E-state index is 0.558. The third-order valence-corrected chi connectivity index (χ3v) is 2.11. The van der Waals surface area contributed by atoms with Crippen molar-refractivity contribution in [2.45, 2.75) is 5.88 Å². The van der Waals surface area contributed by atoms with Crippen molar-refractivity contribution in [1.82, 2.24) is 9.97 Å². The Kier molecular flexibility index (Phi) is 5.26. The number of halogens is 1. The smallest absolute Gasteiger partial charge is 0.0919 e. The van der Waals surface area contributed by atoms with Gasteiger partial charge in [0, 0.05) is 18.3 Å². The zero-order chi connectivity index (χ0) is 10.9. The molecule has 0 fully saturated rings. The van der Waals surface area contributed by atoms with E-state index in [2.05, 4.69) is 16.5 Å². The van der Waals surface area contributed by atoms with Crippen LogP contribution in [0.1, 0.15) is 11.1 Å². The van der Waals surface area contributed by atoms with Crippen LogP contribution >= 0.6 is 11.6 Å². The third-order valence-electron chi connectivity index (χ3n) is 1.82. The van der Waals surface area contributed by atoms with Crippen molar-refractivity contribution in [1.29, 1.82) is 0 Å². The lowest BCUT2D eigenvalue weighted by Gasteiger charge is -1.98. The first-order valence-corrected chi connectivity index (χ1v) is 5.11. The van der Waals surface area contributed by atoms with E-state index in [9.17, 15) is 0 Å². The van der Waals surface area contributed by atoms with Crippen LogP contribution in [-0.2, 0) is 5.88 Å². The topological polar surface area (TPSA) is 28.7 Å². The molecule has 2 nitrogen and oxygen atoms in total. The van der Waals surface area contributed by atoms with Crippen LogP contribution in [0.15, 0.2) is 49.6 Å². The summed E-state index contributed by atoms with van der Waals surface area (Å²) in [5.41, 5.74) is 2.26. The molecule has 0 saturated heterocycles. The molecule has 0 bridgehead atoms. The van der Waals surface area contributed by atoms with E-state index in [4.69, 9.17) is 11.6 Å². The number of imidazole rings is 1. The Labute approximate surface area is 94.6 Å². The van der Waals surface area contributed by atoms with Crippen molar-refractivity contribution in [3.05, 3.63) is 60.7 Å². The summed E-state index contributed by atoms with van der Waals surface area (Å²) in [5, 5.41) is 0. The number of nitrogens with zero attached hydrogens (tertiary/aromatic N) is 1. The fraction of sp³-hybridized carbons (Fsp3) is 0.0833. The molecule has 0 aliphatic carbocycles. The van der Waals surface area contributed by atoms with Gasteiger partial charge in [0.1, 0.15) is 0 Å². The Bertz CT molecular complexity index is 365. The van der Waals surface area contributed by atoms with Gasteiger partial charge in [-0.3, -0.25) is 0 Å². The highest BCUT2D eigenvalue weighted by molar-refractivity contribution is 6.17. The molecule has 2 rings (SSSR count). The molecule has 1 aromatic carbocycles. The van der Waals surface area contributed by atoms with Gasteiger partial charge in [-0.25, -0.2) is 4.98 Å². The van der Waals surface area contributed by atoms with Crippen molar-refractivity contribution in [2.24, 2.45) is 0 Å². The molecule has 2 aromatic rings. The van der Waals surface area contributed by atoms with Gasteiger partial charge in [-0.2, -0.15) is 0 Å². The van der Waals surface area contributed by atoms with Gasteiger partial charge in [-0.15, -0.1) is 11.6 Å². The van der Waals surface area contributed by atoms with Crippen LogP contribution < -0.4 is 0 Å². The fourth-order valence-electron chi connectivity index (χ4n) is 1.07. The predicted octanol–water partition coefficient (Wildman–Crippen LogP) is 3.48. The van der Waals surface area contributed by atoms with Gasteiger partial charge >= 0.3 is 0 Å². The molecule has 0 amide bonds. The first-order valence-electron chi connectivity index (χ1n) is 4.57. The molecule has 1 N–H and O–H groups in total. The molecule has 0 saturated carbocycles. The number of aromatic amines is 1. The van der Waals surface area contributed by atoms with E-state index < -0.39 is 0 Å². The van der Waals surface area contributed by atoms with E-state index in [1.54, 1.807) is 18.7 Å². The maximum atomic E-state index is 5.66. The molecular weight excluding hydrogens is 208 g/mol. The summed E-state index contributed by atoms with van der Waals surface area (Å²) in [4.78, 5) is 6.42. The average Bonchev–Trinajstić information content (AvgIpc) is 2.87. The van der Waals surface area contributed by atoms with E-state index in [0.717, 1.165) is 11.1 Å². The van der Waals surface area contributed by atoms with Crippen LogP contribution in [0, 0.1) is 0 Å². The van der Waals surface area contributed by atoms with Crippen molar-refractivity contribution >= 4 is 17.7 Å². The minimum atomic E-state index is 0.558. The normalized spacial score (nSPS) is 8.87.